The molecule has 0 saturated carbocycles. The number of anilines is 1. The first-order chi connectivity index (χ1) is 7.70. The van der Waals surface area contributed by atoms with Crippen molar-refractivity contribution in [3.63, 3.8) is 0 Å². The molecule has 1 fully saturated rings. The second-order valence-corrected chi connectivity index (χ2v) is 5.97. The van der Waals surface area contributed by atoms with Crippen molar-refractivity contribution < 1.29 is 0 Å². The van der Waals surface area contributed by atoms with Gasteiger partial charge in [-0.1, -0.05) is 13.8 Å². The molecule has 2 unspecified atom stereocenters. The number of nitrogens with zero attached hydrogens (tertiary/aromatic N) is 2. The van der Waals surface area contributed by atoms with Gasteiger partial charge in [-0.15, -0.1) is 0 Å². The van der Waals surface area contributed by atoms with Crippen LogP contribution in [0.25, 0.3) is 0 Å². The fourth-order valence-electron chi connectivity index (χ4n) is 2.23. The topological polar surface area (TPSA) is 29.9 Å². The van der Waals surface area contributed by atoms with Crippen LogP contribution >= 0.6 is 11.8 Å². The standard InChI is InChI=1S/C12H21N3S/c1-4-10-12(8-15(3)14-10)13-11-6-5-7-16-9(11)2/h8-9,11,13H,4-7H2,1-3H3. The molecule has 2 atom stereocenters. The number of nitrogens with one attached hydrogen (secondary N) is 1. The summed E-state index contributed by atoms with van der Waals surface area (Å²) in [5.74, 6) is 1.31. The van der Waals surface area contributed by atoms with Gasteiger partial charge < -0.3 is 5.32 Å². The Morgan fingerprint density at radius 3 is 3.12 bits per heavy atom. The van der Waals surface area contributed by atoms with Crippen molar-refractivity contribution in [2.75, 3.05) is 11.1 Å². The quantitative estimate of drug-likeness (QED) is 0.879. The van der Waals surface area contributed by atoms with Gasteiger partial charge in [0.15, 0.2) is 0 Å². The molecule has 1 aliphatic heterocycles. The molecular weight excluding hydrogens is 218 g/mol. The minimum absolute atomic E-state index is 0.605. The number of aromatic nitrogens is 2. The molecule has 90 valence electrons. The average molecular weight is 239 g/mol. The van der Waals surface area contributed by atoms with E-state index in [1.165, 1.54) is 30.0 Å². The molecule has 4 heteroatoms. The van der Waals surface area contributed by atoms with Gasteiger partial charge >= 0.3 is 0 Å². The molecule has 0 spiro atoms. The molecule has 0 bridgehead atoms. The highest BCUT2D eigenvalue weighted by Gasteiger charge is 2.22. The number of hydrogen-bond acceptors (Lipinski definition) is 3. The Morgan fingerprint density at radius 2 is 2.44 bits per heavy atom. The molecule has 0 radical (unpaired) electrons. The fraction of sp³-hybridized carbons (Fsp3) is 0.750. The normalized spacial score (nSPS) is 25.7. The van der Waals surface area contributed by atoms with E-state index < -0.39 is 0 Å². The summed E-state index contributed by atoms with van der Waals surface area (Å²) < 4.78 is 1.90. The van der Waals surface area contributed by atoms with Crippen molar-refractivity contribution in [2.24, 2.45) is 7.05 Å². The van der Waals surface area contributed by atoms with Gasteiger partial charge in [-0.05, 0) is 25.0 Å². The van der Waals surface area contributed by atoms with Crippen LogP contribution in [0, 0.1) is 0 Å². The van der Waals surface area contributed by atoms with Gasteiger partial charge in [0, 0.05) is 24.5 Å². The number of rotatable bonds is 3. The second kappa shape index (κ2) is 5.13. The van der Waals surface area contributed by atoms with Gasteiger partial charge in [0.2, 0.25) is 0 Å². The highest BCUT2D eigenvalue weighted by Crippen LogP contribution is 2.28. The van der Waals surface area contributed by atoms with Gasteiger partial charge in [-0.2, -0.15) is 16.9 Å². The monoisotopic (exact) mass is 239 g/mol. The number of aryl methyl sites for hydroxylation is 2. The summed E-state index contributed by atoms with van der Waals surface area (Å²) in [6.45, 7) is 4.48. The summed E-state index contributed by atoms with van der Waals surface area (Å²) in [6, 6.07) is 0.605. The zero-order chi connectivity index (χ0) is 11.5. The maximum absolute atomic E-state index is 4.47. The highest BCUT2D eigenvalue weighted by atomic mass is 32.2. The second-order valence-electron chi connectivity index (χ2n) is 4.49. The predicted octanol–water partition coefficient (Wildman–Crippen LogP) is 2.68. The Labute approximate surface area is 102 Å². The molecule has 3 nitrogen and oxygen atoms in total. The maximum atomic E-state index is 4.47. The Kier molecular flexibility index (Phi) is 3.79. The first-order valence-corrected chi connectivity index (χ1v) is 7.16. The van der Waals surface area contributed by atoms with Crippen LogP contribution in [-0.2, 0) is 13.5 Å². The zero-order valence-electron chi connectivity index (χ0n) is 10.4. The minimum Gasteiger partial charge on any atom is -0.378 e. The lowest BCUT2D eigenvalue weighted by molar-refractivity contribution is 0.617. The molecule has 1 aliphatic rings. The number of thioether (sulfide) groups is 1. The van der Waals surface area contributed by atoms with Crippen LogP contribution in [0.5, 0.6) is 0 Å². The fourth-order valence-corrected chi connectivity index (χ4v) is 3.37. The van der Waals surface area contributed by atoms with E-state index in [-0.39, 0.29) is 0 Å². The van der Waals surface area contributed by atoms with E-state index in [9.17, 15) is 0 Å². The van der Waals surface area contributed by atoms with Crippen LogP contribution in [0.1, 0.15) is 32.4 Å². The van der Waals surface area contributed by atoms with E-state index in [0.29, 0.717) is 11.3 Å². The molecule has 1 aromatic heterocycles. The molecule has 1 aromatic rings. The van der Waals surface area contributed by atoms with Gasteiger partial charge in [0.1, 0.15) is 0 Å². The first kappa shape index (κ1) is 11.8. The van der Waals surface area contributed by atoms with E-state index in [1.807, 2.05) is 11.7 Å². The molecule has 1 saturated heterocycles. The summed E-state index contributed by atoms with van der Waals surface area (Å²) >= 11 is 2.08. The SMILES string of the molecule is CCc1nn(C)cc1NC1CCCSC1C. The zero-order valence-corrected chi connectivity index (χ0v) is 11.2. The van der Waals surface area contributed by atoms with Crippen molar-refractivity contribution in [1.29, 1.82) is 0 Å². The van der Waals surface area contributed by atoms with Crippen LogP contribution < -0.4 is 5.32 Å². The van der Waals surface area contributed by atoms with Crippen LogP contribution in [-0.4, -0.2) is 26.8 Å². The van der Waals surface area contributed by atoms with Crippen LogP contribution in [0.15, 0.2) is 6.20 Å². The largest absolute Gasteiger partial charge is 0.378 e. The molecule has 16 heavy (non-hydrogen) atoms. The molecule has 2 heterocycles. The highest BCUT2D eigenvalue weighted by molar-refractivity contribution is 8.00. The third-order valence-corrected chi connectivity index (χ3v) is 4.57. The summed E-state index contributed by atoms with van der Waals surface area (Å²) in [6.07, 6.45) is 5.71. The van der Waals surface area contributed by atoms with E-state index >= 15 is 0 Å². The van der Waals surface area contributed by atoms with Crippen molar-refractivity contribution in [3.8, 4) is 0 Å². The molecule has 2 rings (SSSR count). The Balaban J connectivity index is 2.06. The lowest BCUT2D eigenvalue weighted by Crippen LogP contribution is -2.32. The van der Waals surface area contributed by atoms with E-state index in [4.69, 9.17) is 0 Å². The Bertz CT molecular complexity index is 348. The van der Waals surface area contributed by atoms with Crippen LogP contribution in [0.3, 0.4) is 0 Å². The molecular formula is C12H21N3S. The van der Waals surface area contributed by atoms with E-state index in [0.717, 1.165) is 6.42 Å². The van der Waals surface area contributed by atoms with Crippen molar-refractivity contribution >= 4 is 17.4 Å². The smallest absolute Gasteiger partial charge is 0.0853 e. The summed E-state index contributed by atoms with van der Waals surface area (Å²) in [7, 11) is 1.99. The predicted molar refractivity (Wildman–Crippen MR) is 71.2 cm³/mol. The van der Waals surface area contributed by atoms with Crippen molar-refractivity contribution in [1.82, 2.24) is 9.78 Å². The average Bonchev–Trinajstić information content (AvgIpc) is 2.62. The minimum atomic E-state index is 0.605. The first-order valence-electron chi connectivity index (χ1n) is 6.11. The van der Waals surface area contributed by atoms with Crippen molar-refractivity contribution in [2.45, 2.75) is 44.4 Å². The lowest BCUT2D eigenvalue weighted by atomic mass is 10.1. The van der Waals surface area contributed by atoms with Gasteiger partial charge in [0.05, 0.1) is 11.4 Å². The Hall–Kier alpha value is -0.640. The summed E-state index contributed by atoms with van der Waals surface area (Å²) in [5.41, 5.74) is 2.41. The molecule has 1 N–H and O–H groups in total. The summed E-state index contributed by atoms with van der Waals surface area (Å²) in [4.78, 5) is 0. The van der Waals surface area contributed by atoms with Crippen LogP contribution in [0.4, 0.5) is 5.69 Å². The Morgan fingerprint density at radius 1 is 1.62 bits per heavy atom. The van der Waals surface area contributed by atoms with Crippen molar-refractivity contribution in [3.05, 3.63) is 11.9 Å². The van der Waals surface area contributed by atoms with E-state index in [1.54, 1.807) is 0 Å². The van der Waals surface area contributed by atoms with Crippen LogP contribution in [0.2, 0.25) is 0 Å². The molecule has 0 aliphatic carbocycles. The molecule has 0 aromatic carbocycles. The lowest BCUT2D eigenvalue weighted by Gasteiger charge is -2.29. The molecule has 0 amide bonds. The summed E-state index contributed by atoms with van der Waals surface area (Å²) in [5, 5.41) is 8.84. The third-order valence-electron chi connectivity index (χ3n) is 3.19. The maximum Gasteiger partial charge on any atom is 0.0853 e. The van der Waals surface area contributed by atoms with Gasteiger partial charge in [-0.3, -0.25) is 4.68 Å². The third kappa shape index (κ3) is 2.54. The van der Waals surface area contributed by atoms with Gasteiger partial charge in [-0.25, -0.2) is 0 Å². The number of hydrogen-bond donors (Lipinski definition) is 1. The van der Waals surface area contributed by atoms with Gasteiger partial charge in [0.25, 0.3) is 0 Å². The van der Waals surface area contributed by atoms with E-state index in [2.05, 4.69) is 42.2 Å².